The molecule has 7 heteroatoms. The molecule has 1 aromatic rings. The van der Waals surface area contributed by atoms with Gasteiger partial charge in [-0.2, -0.15) is 0 Å². The van der Waals surface area contributed by atoms with Gasteiger partial charge in [0.05, 0.1) is 32.1 Å². The zero-order chi connectivity index (χ0) is 15.1. The van der Waals surface area contributed by atoms with E-state index in [-0.39, 0.29) is 17.6 Å². The lowest BCUT2D eigenvalue weighted by Crippen LogP contribution is -2.36. The van der Waals surface area contributed by atoms with Crippen molar-refractivity contribution >= 4 is 37.6 Å². The maximum absolute atomic E-state index is 10.7. The number of aliphatic imine (C=N–C) groups is 1. The van der Waals surface area contributed by atoms with E-state index in [9.17, 15) is 13.0 Å². The Labute approximate surface area is 127 Å². The zero-order valence-corrected chi connectivity index (χ0v) is 14.1. The topological polar surface area (TPSA) is 73.4 Å². The molecule has 0 bridgehead atoms. The summed E-state index contributed by atoms with van der Waals surface area (Å²) in [6, 6.07) is 2.04. The van der Waals surface area contributed by atoms with Gasteiger partial charge < -0.3 is 4.55 Å². The highest BCUT2D eigenvalue weighted by atomic mass is 79.9. The third-order valence-corrected chi connectivity index (χ3v) is 4.94. The molecule has 0 radical (unpaired) electrons. The van der Waals surface area contributed by atoms with Crippen molar-refractivity contribution in [2.24, 2.45) is 4.99 Å². The normalized spacial score (nSPS) is 16.9. The number of hydrogen-bond donors (Lipinski definition) is 0. The van der Waals surface area contributed by atoms with E-state index in [1.807, 2.05) is 23.8 Å². The van der Waals surface area contributed by atoms with Crippen LogP contribution in [0.3, 0.4) is 0 Å². The monoisotopic (exact) mass is 360 g/mol. The fourth-order valence-corrected chi connectivity index (χ4v) is 3.22. The highest BCUT2D eigenvalue weighted by Gasteiger charge is 2.41. The Bertz CT molecular complexity index is 681. The van der Waals surface area contributed by atoms with Crippen molar-refractivity contribution < 1.29 is 17.5 Å². The molecule has 0 fully saturated rings. The second-order valence-electron chi connectivity index (χ2n) is 5.53. The van der Waals surface area contributed by atoms with Crippen LogP contribution in [0.2, 0.25) is 0 Å². The number of nitrogens with zero attached hydrogens (tertiary/aromatic N) is 2. The highest BCUT2D eigenvalue weighted by molar-refractivity contribution is 9.10. The molecule has 0 atom stereocenters. The van der Waals surface area contributed by atoms with Crippen LogP contribution in [0, 0.1) is 0 Å². The summed E-state index contributed by atoms with van der Waals surface area (Å²) in [5, 5.41) is 0. The van der Waals surface area contributed by atoms with E-state index in [1.54, 1.807) is 0 Å². The maximum atomic E-state index is 10.7. The molecule has 0 unspecified atom stereocenters. The van der Waals surface area contributed by atoms with Gasteiger partial charge in [-0.1, -0.05) is 0 Å². The Morgan fingerprint density at radius 1 is 1.45 bits per heavy atom. The average Bonchev–Trinajstić information content (AvgIpc) is 2.50. The van der Waals surface area contributed by atoms with Crippen LogP contribution in [0.5, 0.6) is 0 Å². The molecule has 1 aliphatic rings. The van der Waals surface area contributed by atoms with Gasteiger partial charge in [0, 0.05) is 5.75 Å². The van der Waals surface area contributed by atoms with Gasteiger partial charge in [-0.15, -0.1) is 0 Å². The SMILES string of the molecule is CC1=Nc2c(cc(Br)c[n+]2CCCS(=O)(=O)[O-])C1(C)C. The van der Waals surface area contributed by atoms with E-state index in [4.69, 9.17) is 0 Å². The molecule has 20 heavy (non-hydrogen) atoms. The standard InChI is InChI=1S/C13H17BrN2O3S/c1-9-13(2,3)11-7-10(14)8-16(12(11)15-9)5-4-6-20(17,18)19/h7-8H,4-6H2,1-3H3. The molecule has 0 N–H and O–H groups in total. The number of rotatable bonds is 4. The largest absolute Gasteiger partial charge is 0.748 e. The molecule has 2 heterocycles. The number of aromatic nitrogens is 1. The van der Waals surface area contributed by atoms with Gasteiger partial charge in [-0.05, 0) is 54.2 Å². The van der Waals surface area contributed by atoms with E-state index < -0.39 is 10.1 Å². The number of pyridine rings is 1. The Morgan fingerprint density at radius 2 is 2.10 bits per heavy atom. The van der Waals surface area contributed by atoms with Gasteiger partial charge in [-0.3, -0.25) is 0 Å². The summed E-state index contributed by atoms with van der Waals surface area (Å²) in [5.74, 6) is 0.492. The predicted octanol–water partition coefficient (Wildman–Crippen LogP) is 2.06. The summed E-state index contributed by atoms with van der Waals surface area (Å²) in [6.45, 7) is 6.66. The van der Waals surface area contributed by atoms with Gasteiger partial charge in [0.25, 0.3) is 0 Å². The van der Waals surface area contributed by atoms with E-state index in [1.165, 1.54) is 0 Å². The minimum absolute atomic E-state index is 0.133. The van der Waals surface area contributed by atoms with Crippen molar-refractivity contribution in [3.05, 3.63) is 22.3 Å². The van der Waals surface area contributed by atoms with Crippen molar-refractivity contribution in [1.29, 1.82) is 0 Å². The van der Waals surface area contributed by atoms with Gasteiger partial charge in [-0.25, -0.2) is 13.0 Å². The first-order valence-electron chi connectivity index (χ1n) is 6.34. The molecule has 1 aliphatic heterocycles. The Kier molecular flexibility index (Phi) is 4.05. The van der Waals surface area contributed by atoms with Crippen LogP contribution < -0.4 is 4.57 Å². The first kappa shape index (κ1) is 15.6. The van der Waals surface area contributed by atoms with E-state index >= 15 is 0 Å². The third kappa shape index (κ3) is 3.10. The summed E-state index contributed by atoms with van der Waals surface area (Å²) < 4.78 is 34.8. The minimum atomic E-state index is -4.16. The number of halogens is 1. The lowest BCUT2D eigenvalue weighted by Gasteiger charge is -2.16. The second-order valence-corrected chi connectivity index (χ2v) is 7.97. The molecule has 0 spiro atoms. The minimum Gasteiger partial charge on any atom is -0.748 e. The van der Waals surface area contributed by atoms with Gasteiger partial charge in [0.1, 0.15) is 11.9 Å². The highest BCUT2D eigenvalue weighted by Crippen LogP contribution is 2.38. The predicted molar refractivity (Wildman–Crippen MR) is 79.3 cm³/mol. The van der Waals surface area contributed by atoms with Crippen LogP contribution in [0.15, 0.2) is 21.7 Å². The second kappa shape index (κ2) is 5.20. The summed E-state index contributed by atoms with van der Waals surface area (Å²) in [5.41, 5.74) is 2.00. The first-order chi connectivity index (χ1) is 9.11. The van der Waals surface area contributed by atoms with Crippen LogP contribution in [0.25, 0.3) is 0 Å². The van der Waals surface area contributed by atoms with E-state index in [0.29, 0.717) is 6.54 Å². The Morgan fingerprint density at radius 3 is 2.70 bits per heavy atom. The summed E-state index contributed by atoms with van der Waals surface area (Å²) >= 11 is 3.47. The molecule has 0 saturated carbocycles. The molecular formula is C13H17BrN2O3S. The summed E-state index contributed by atoms with van der Waals surface area (Å²) in [7, 11) is -4.16. The van der Waals surface area contributed by atoms with Crippen LogP contribution in [-0.2, 0) is 22.1 Å². The zero-order valence-electron chi connectivity index (χ0n) is 11.7. The van der Waals surface area contributed by atoms with Crippen molar-refractivity contribution in [2.45, 2.75) is 39.2 Å². The van der Waals surface area contributed by atoms with Crippen molar-refractivity contribution in [3.63, 3.8) is 0 Å². The molecule has 0 aromatic carbocycles. The molecule has 5 nitrogen and oxygen atoms in total. The van der Waals surface area contributed by atoms with Gasteiger partial charge in [0.2, 0.25) is 0 Å². The molecular weight excluding hydrogens is 344 g/mol. The van der Waals surface area contributed by atoms with E-state index in [2.05, 4.69) is 34.8 Å². The summed E-state index contributed by atoms with van der Waals surface area (Å²) in [6.07, 6.45) is 2.16. The Balaban J connectivity index is 2.32. The third-order valence-electron chi connectivity index (χ3n) is 3.72. The number of fused-ring (bicyclic) bond motifs is 1. The van der Waals surface area contributed by atoms with Crippen LogP contribution in [0.1, 0.15) is 32.8 Å². The molecule has 0 aliphatic carbocycles. The summed E-state index contributed by atoms with van der Waals surface area (Å²) in [4.78, 5) is 4.59. The fraction of sp³-hybridized carbons (Fsp3) is 0.538. The van der Waals surface area contributed by atoms with E-state index in [0.717, 1.165) is 21.6 Å². The van der Waals surface area contributed by atoms with Crippen LogP contribution in [0.4, 0.5) is 5.82 Å². The maximum Gasteiger partial charge on any atom is 0.327 e. The van der Waals surface area contributed by atoms with Crippen molar-refractivity contribution in [1.82, 2.24) is 0 Å². The van der Waals surface area contributed by atoms with Crippen LogP contribution >= 0.6 is 15.9 Å². The molecule has 110 valence electrons. The lowest BCUT2D eigenvalue weighted by molar-refractivity contribution is -0.684. The molecule has 0 saturated heterocycles. The molecule has 0 amide bonds. The molecule has 1 aromatic heterocycles. The lowest BCUT2D eigenvalue weighted by atomic mass is 9.83. The number of aryl methyl sites for hydroxylation is 1. The van der Waals surface area contributed by atoms with Crippen LogP contribution in [-0.4, -0.2) is 24.4 Å². The average molecular weight is 361 g/mol. The van der Waals surface area contributed by atoms with Crippen molar-refractivity contribution in [2.75, 3.05) is 5.75 Å². The van der Waals surface area contributed by atoms with Gasteiger partial charge >= 0.3 is 5.82 Å². The molecule has 2 rings (SSSR count). The fourth-order valence-electron chi connectivity index (χ4n) is 2.26. The quantitative estimate of drug-likeness (QED) is 0.609. The smallest absolute Gasteiger partial charge is 0.327 e. The number of hydrogen-bond acceptors (Lipinski definition) is 4. The van der Waals surface area contributed by atoms with Crippen molar-refractivity contribution in [3.8, 4) is 0 Å². The first-order valence-corrected chi connectivity index (χ1v) is 8.71. The Hall–Kier alpha value is -0.790. The van der Waals surface area contributed by atoms with Gasteiger partial charge in [0.15, 0.2) is 0 Å².